The van der Waals surface area contributed by atoms with Crippen LogP contribution in [0.4, 0.5) is 0 Å². The van der Waals surface area contributed by atoms with Crippen molar-refractivity contribution in [2.45, 2.75) is 46.6 Å². The molecule has 0 aromatic heterocycles. The quantitative estimate of drug-likeness (QED) is 0.661. The first-order valence-electron chi connectivity index (χ1n) is 5.62. The number of aliphatic hydroxyl groups is 1. The predicted octanol–water partition coefficient (Wildman–Crippen LogP) is 2.69. The first-order valence-corrected chi connectivity index (χ1v) is 5.62. The summed E-state index contributed by atoms with van der Waals surface area (Å²) in [5.74, 6) is 2.77. The van der Waals surface area contributed by atoms with Gasteiger partial charge in [-0.25, -0.2) is 0 Å². The lowest BCUT2D eigenvalue weighted by molar-refractivity contribution is -0.172. The highest BCUT2D eigenvalue weighted by Gasteiger charge is 2.57. The van der Waals surface area contributed by atoms with E-state index >= 15 is 0 Å². The number of hydrogen-bond acceptors (Lipinski definition) is 1. The van der Waals surface area contributed by atoms with Crippen LogP contribution in [0.2, 0.25) is 0 Å². The summed E-state index contributed by atoms with van der Waals surface area (Å²) < 4.78 is 0. The van der Waals surface area contributed by atoms with Crippen LogP contribution in [-0.4, -0.2) is 11.2 Å². The van der Waals surface area contributed by atoms with Crippen LogP contribution in [0.15, 0.2) is 0 Å². The lowest BCUT2D eigenvalue weighted by Gasteiger charge is -2.62. The maximum Gasteiger partial charge on any atom is 0.0576 e. The van der Waals surface area contributed by atoms with E-state index in [1.54, 1.807) is 0 Å². The molecule has 3 saturated carbocycles. The molecule has 3 rings (SSSR count). The second-order valence-electron chi connectivity index (χ2n) is 5.98. The lowest BCUT2D eigenvalue weighted by Crippen LogP contribution is -2.58. The zero-order chi connectivity index (χ0) is 9.80. The van der Waals surface area contributed by atoms with Crippen molar-refractivity contribution in [1.82, 2.24) is 0 Å². The molecular weight excluding hydrogens is 160 g/mol. The molecule has 4 unspecified atom stereocenters. The summed E-state index contributed by atoms with van der Waals surface area (Å²) in [4.78, 5) is 0. The van der Waals surface area contributed by atoms with E-state index in [0.29, 0.717) is 17.3 Å². The van der Waals surface area contributed by atoms with Crippen LogP contribution >= 0.6 is 0 Å². The van der Waals surface area contributed by atoms with Gasteiger partial charge >= 0.3 is 0 Å². The van der Waals surface area contributed by atoms with Gasteiger partial charge in [0.15, 0.2) is 0 Å². The SMILES string of the molecule is CC(C)C1C(O)CC2CC1C2(C)C. The smallest absolute Gasteiger partial charge is 0.0576 e. The van der Waals surface area contributed by atoms with Gasteiger partial charge in [-0.05, 0) is 41.9 Å². The van der Waals surface area contributed by atoms with E-state index in [0.717, 1.165) is 18.3 Å². The Balaban J connectivity index is 2.18. The first kappa shape index (κ1) is 9.51. The summed E-state index contributed by atoms with van der Waals surface area (Å²) in [6.07, 6.45) is 2.40. The van der Waals surface area contributed by atoms with Gasteiger partial charge in [-0.3, -0.25) is 0 Å². The molecule has 13 heavy (non-hydrogen) atoms. The molecule has 0 radical (unpaired) electrons. The van der Waals surface area contributed by atoms with Gasteiger partial charge in [0.05, 0.1) is 6.10 Å². The first-order chi connectivity index (χ1) is 5.94. The van der Waals surface area contributed by atoms with Gasteiger partial charge in [0, 0.05) is 0 Å². The summed E-state index contributed by atoms with van der Waals surface area (Å²) in [5.41, 5.74) is 0.508. The highest BCUT2D eigenvalue weighted by Crippen LogP contribution is 2.62. The topological polar surface area (TPSA) is 20.2 Å². The van der Waals surface area contributed by atoms with Crippen molar-refractivity contribution in [1.29, 1.82) is 0 Å². The van der Waals surface area contributed by atoms with E-state index in [1.807, 2.05) is 0 Å². The van der Waals surface area contributed by atoms with Crippen LogP contribution in [-0.2, 0) is 0 Å². The molecule has 1 heteroatoms. The van der Waals surface area contributed by atoms with Gasteiger partial charge in [0.25, 0.3) is 0 Å². The fourth-order valence-electron chi connectivity index (χ4n) is 3.74. The fourth-order valence-corrected chi connectivity index (χ4v) is 3.74. The van der Waals surface area contributed by atoms with Gasteiger partial charge in [0.1, 0.15) is 0 Å². The van der Waals surface area contributed by atoms with E-state index in [1.165, 1.54) is 6.42 Å². The number of aliphatic hydroxyl groups excluding tert-OH is 1. The highest BCUT2D eigenvalue weighted by atomic mass is 16.3. The highest BCUT2D eigenvalue weighted by molar-refractivity contribution is 5.06. The molecular formula is C12H22O. The average Bonchev–Trinajstić information content (AvgIpc) is 2.03. The van der Waals surface area contributed by atoms with Crippen molar-refractivity contribution >= 4 is 0 Å². The Hall–Kier alpha value is -0.0400. The van der Waals surface area contributed by atoms with Crippen molar-refractivity contribution in [3.63, 3.8) is 0 Å². The van der Waals surface area contributed by atoms with Crippen LogP contribution in [0.25, 0.3) is 0 Å². The van der Waals surface area contributed by atoms with Crippen LogP contribution < -0.4 is 0 Å². The maximum absolute atomic E-state index is 9.97. The standard InChI is InChI=1S/C12H22O/c1-7(2)11-9-5-8(6-10(11)13)12(9,3)4/h7-11,13H,5-6H2,1-4H3. The lowest BCUT2D eigenvalue weighted by atomic mass is 9.43. The van der Waals surface area contributed by atoms with Gasteiger partial charge < -0.3 is 5.11 Å². The Bertz CT molecular complexity index is 207. The molecule has 0 heterocycles. The minimum Gasteiger partial charge on any atom is -0.393 e. The molecule has 0 amide bonds. The molecule has 1 N–H and O–H groups in total. The molecule has 4 atom stereocenters. The monoisotopic (exact) mass is 182 g/mol. The minimum atomic E-state index is -0.0169. The van der Waals surface area contributed by atoms with E-state index in [4.69, 9.17) is 0 Å². The molecule has 76 valence electrons. The van der Waals surface area contributed by atoms with Crippen molar-refractivity contribution in [2.24, 2.45) is 29.1 Å². The average molecular weight is 182 g/mol. The summed E-state index contributed by atoms with van der Waals surface area (Å²) in [7, 11) is 0. The number of rotatable bonds is 1. The maximum atomic E-state index is 9.97. The van der Waals surface area contributed by atoms with E-state index < -0.39 is 0 Å². The van der Waals surface area contributed by atoms with Gasteiger partial charge in [-0.2, -0.15) is 0 Å². The largest absolute Gasteiger partial charge is 0.393 e. The van der Waals surface area contributed by atoms with Crippen LogP contribution in [0.5, 0.6) is 0 Å². The summed E-state index contributed by atoms with van der Waals surface area (Å²) in [6, 6.07) is 0. The predicted molar refractivity (Wildman–Crippen MR) is 54.3 cm³/mol. The van der Waals surface area contributed by atoms with Gasteiger partial charge in [-0.15, -0.1) is 0 Å². The zero-order valence-corrected chi connectivity index (χ0v) is 9.25. The van der Waals surface area contributed by atoms with E-state index in [2.05, 4.69) is 27.7 Å². The Morgan fingerprint density at radius 1 is 1.23 bits per heavy atom. The van der Waals surface area contributed by atoms with E-state index in [-0.39, 0.29) is 6.10 Å². The molecule has 0 saturated heterocycles. The van der Waals surface area contributed by atoms with Crippen LogP contribution in [0.1, 0.15) is 40.5 Å². The van der Waals surface area contributed by atoms with Gasteiger partial charge in [-0.1, -0.05) is 27.7 Å². The summed E-state index contributed by atoms with van der Waals surface area (Å²) >= 11 is 0. The Morgan fingerprint density at radius 3 is 2.23 bits per heavy atom. The summed E-state index contributed by atoms with van der Waals surface area (Å²) in [6.45, 7) is 9.27. The van der Waals surface area contributed by atoms with Crippen LogP contribution in [0, 0.1) is 29.1 Å². The second kappa shape index (κ2) is 2.73. The molecule has 2 bridgehead atoms. The molecule has 3 aliphatic rings. The molecule has 1 nitrogen and oxygen atoms in total. The zero-order valence-electron chi connectivity index (χ0n) is 9.25. The van der Waals surface area contributed by atoms with Crippen molar-refractivity contribution < 1.29 is 5.11 Å². The van der Waals surface area contributed by atoms with Crippen molar-refractivity contribution in [3.05, 3.63) is 0 Å². The Kier molecular flexibility index (Phi) is 1.99. The van der Waals surface area contributed by atoms with E-state index in [9.17, 15) is 5.11 Å². The third-order valence-corrected chi connectivity index (χ3v) is 4.75. The number of hydrogen-bond donors (Lipinski definition) is 1. The Labute approximate surface area is 81.5 Å². The third kappa shape index (κ3) is 1.16. The molecule has 3 fully saturated rings. The Morgan fingerprint density at radius 2 is 1.85 bits per heavy atom. The fraction of sp³-hybridized carbons (Fsp3) is 1.00. The molecule has 0 aliphatic heterocycles. The molecule has 0 aromatic rings. The minimum absolute atomic E-state index is 0.0169. The summed E-state index contributed by atoms with van der Waals surface area (Å²) in [5, 5.41) is 9.97. The normalized spacial score (nSPS) is 47.5. The van der Waals surface area contributed by atoms with Crippen LogP contribution in [0.3, 0.4) is 0 Å². The van der Waals surface area contributed by atoms with Crippen molar-refractivity contribution in [2.75, 3.05) is 0 Å². The second-order valence-corrected chi connectivity index (χ2v) is 5.98. The molecule has 0 spiro atoms. The van der Waals surface area contributed by atoms with Crippen molar-refractivity contribution in [3.8, 4) is 0 Å². The number of fused-ring (bicyclic) bond motifs is 2. The molecule has 3 aliphatic carbocycles. The third-order valence-electron chi connectivity index (χ3n) is 4.75. The van der Waals surface area contributed by atoms with Gasteiger partial charge in [0.2, 0.25) is 0 Å². The molecule has 0 aromatic carbocycles.